The monoisotopic (exact) mass is 314 g/mol. The van der Waals surface area contributed by atoms with Crippen LogP contribution in [-0.2, 0) is 4.74 Å². The highest BCUT2D eigenvalue weighted by Crippen LogP contribution is 2.40. The zero-order chi connectivity index (χ0) is 16.4. The van der Waals surface area contributed by atoms with E-state index in [9.17, 15) is 0 Å². The summed E-state index contributed by atoms with van der Waals surface area (Å²) >= 11 is 0. The molecule has 1 aliphatic heterocycles. The van der Waals surface area contributed by atoms with Crippen LogP contribution in [0.1, 0.15) is 34.7 Å². The highest BCUT2D eigenvalue weighted by molar-refractivity contribution is 5.93. The van der Waals surface area contributed by atoms with Crippen molar-refractivity contribution in [3.05, 3.63) is 101 Å². The lowest BCUT2D eigenvalue weighted by Crippen LogP contribution is -2.10. The number of aryl methyl sites for hydroxylation is 1. The number of hydrogen-bond acceptors (Lipinski definition) is 3. The summed E-state index contributed by atoms with van der Waals surface area (Å²) in [5.74, 6) is 0.612. The molecule has 2 heterocycles. The van der Waals surface area contributed by atoms with E-state index in [1.165, 1.54) is 0 Å². The molecule has 0 fully saturated rings. The van der Waals surface area contributed by atoms with Crippen molar-refractivity contribution in [1.29, 1.82) is 0 Å². The number of aliphatic imine (C=N–C) groups is 1. The van der Waals surface area contributed by atoms with Gasteiger partial charge in [0.2, 0.25) is 5.90 Å². The van der Waals surface area contributed by atoms with Gasteiger partial charge in [-0.25, -0.2) is 9.98 Å². The molecule has 3 nitrogen and oxygen atoms in total. The molecule has 1 aromatic heterocycles. The molecular formula is C21H18N2O. The molecule has 4 rings (SSSR count). The van der Waals surface area contributed by atoms with Gasteiger partial charge in [-0.2, -0.15) is 0 Å². The summed E-state index contributed by atoms with van der Waals surface area (Å²) in [6.45, 7) is 1.97. The van der Waals surface area contributed by atoms with E-state index in [1.807, 2.05) is 61.5 Å². The highest BCUT2D eigenvalue weighted by Gasteiger charge is 2.34. The van der Waals surface area contributed by atoms with Crippen LogP contribution < -0.4 is 0 Å². The maximum atomic E-state index is 6.24. The SMILES string of the molecule is Cc1cccc(C2=NC(c3ccccc3)C(c3ccccc3)O2)n1. The maximum Gasteiger partial charge on any atom is 0.236 e. The number of hydrogen-bond donors (Lipinski definition) is 0. The fraction of sp³-hybridized carbons (Fsp3) is 0.143. The number of pyridine rings is 1. The predicted octanol–water partition coefficient (Wildman–Crippen LogP) is 4.65. The fourth-order valence-corrected chi connectivity index (χ4v) is 2.99. The normalized spacial score (nSPS) is 19.6. The molecule has 0 amide bonds. The Balaban J connectivity index is 1.76. The van der Waals surface area contributed by atoms with Gasteiger partial charge in [-0.3, -0.25) is 0 Å². The van der Waals surface area contributed by atoms with Crippen molar-refractivity contribution in [2.24, 2.45) is 4.99 Å². The maximum absolute atomic E-state index is 6.24. The molecule has 0 bridgehead atoms. The van der Waals surface area contributed by atoms with Crippen molar-refractivity contribution < 1.29 is 4.74 Å². The lowest BCUT2D eigenvalue weighted by atomic mass is 9.97. The largest absolute Gasteiger partial charge is 0.465 e. The number of ether oxygens (including phenoxy) is 1. The van der Waals surface area contributed by atoms with Gasteiger partial charge >= 0.3 is 0 Å². The van der Waals surface area contributed by atoms with Gasteiger partial charge in [-0.1, -0.05) is 66.7 Å². The Kier molecular flexibility index (Phi) is 3.83. The lowest BCUT2D eigenvalue weighted by molar-refractivity contribution is 0.196. The van der Waals surface area contributed by atoms with Gasteiger partial charge < -0.3 is 4.74 Å². The van der Waals surface area contributed by atoms with Crippen LogP contribution in [0.2, 0.25) is 0 Å². The third-order valence-corrected chi connectivity index (χ3v) is 4.16. The first-order valence-electron chi connectivity index (χ1n) is 8.09. The van der Waals surface area contributed by atoms with Crippen LogP contribution in [-0.4, -0.2) is 10.9 Å². The Labute approximate surface area is 141 Å². The molecular weight excluding hydrogens is 296 g/mol. The molecule has 2 atom stereocenters. The molecule has 24 heavy (non-hydrogen) atoms. The first-order chi connectivity index (χ1) is 11.8. The molecule has 0 spiro atoms. The Morgan fingerprint density at radius 1 is 0.750 bits per heavy atom. The molecule has 1 aliphatic rings. The van der Waals surface area contributed by atoms with E-state index in [-0.39, 0.29) is 12.1 Å². The summed E-state index contributed by atoms with van der Waals surface area (Å²) in [6.07, 6.45) is -0.133. The van der Waals surface area contributed by atoms with Crippen LogP contribution in [0, 0.1) is 6.92 Å². The Bertz CT molecular complexity index is 859. The topological polar surface area (TPSA) is 34.5 Å². The van der Waals surface area contributed by atoms with Crippen molar-refractivity contribution in [3.63, 3.8) is 0 Å². The zero-order valence-corrected chi connectivity index (χ0v) is 13.5. The van der Waals surface area contributed by atoms with Gasteiger partial charge in [-0.05, 0) is 30.2 Å². The quantitative estimate of drug-likeness (QED) is 0.705. The standard InChI is InChI=1S/C21H18N2O/c1-15-9-8-14-18(22-15)21-23-19(16-10-4-2-5-11-16)20(24-21)17-12-6-3-7-13-17/h2-14,19-20H,1H3. The van der Waals surface area contributed by atoms with Crippen LogP contribution in [0.3, 0.4) is 0 Å². The van der Waals surface area contributed by atoms with Crippen LogP contribution in [0.4, 0.5) is 0 Å². The highest BCUT2D eigenvalue weighted by atomic mass is 16.5. The molecule has 3 aromatic rings. The van der Waals surface area contributed by atoms with Gasteiger partial charge in [0.25, 0.3) is 0 Å². The summed E-state index contributed by atoms with van der Waals surface area (Å²) in [5, 5.41) is 0. The van der Waals surface area contributed by atoms with Crippen LogP contribution in [0.5, 0.6) is 0 Å². The molecule has 2 aromatic carbocycles. The summed E-state index contributed by atoms with van der Waals surface area (Å²) < 4.78 is 6.24. The molecule has 0 saturated carbocycles. The van der Waals surface area contributed by atoms with Crippen molar-refractivity contribution in [2.75, 3.05) is 0 Å². The second-order valence-electron chi connectivity index (χ2n) is 5.90. The predicted molar refractivity (Wildman–Crippen MR) is 95.0 cm³/mol. The smallest absolute Gasteiger partial charge is 0.236 e. The summed E-state index contributed by atoms with van der Waals surface area (Å²) in [7, 11) is 0. The van der Waals surface area contributed by atoms with Gasteiger partial charge in [0.1, 0.15) is 11.7 Å². The van der Waals surface area contributed by atoms with Crippen LogP contribution >= 0.6 is 0 Å². The van der Waals surface area contributed by atoms with Gasteiger partial charge in [0.15, 0.2) is 6.10 Å². The zero-order valence-electron chi connectivity index (χ0n) is 13.5. The van der Waals surface area contributed by atoms with E-state index in [4.69, 9.17) is 9.73 Å². The average Bonchev–Trinajstić information content (AvgIpc) is 3.09. The first-order valence-corrected chi connectivity index (χ1v) is 8.09. The second-order valence-corrected chi connectivity index (χ2v) is 5.90. The van der Waals surface area contributed by atoms with E-state index < -0.39 is 0 Å². The lowest BCUT2D eigenvalue weighted by Gasteiger charge is -2.18. The third-order valence-electron chi connectivity index (χ3n) is 4.16. The van der Waals surface area contributed by atoms with E-state index in [1.54, 1.807) is 0 Å². The van der Waals surface area contributed by atoms with Gasteiger partial charge in [-0.15, -0.1) is 0 Å². The van der Waals surface area contributed by atoms with E-state index in [0.717, 1.165) is 22.5 Å². The first kappa shape index (κ1) is 14.6. The Morgan fingerprint density at radius 3 is 2.08 bits per heavy atom. The van der Waals surface area contributed by atoms with Crippen molar-refractivity contribution in [1.82, 2.24) is 4.98 Å². The van der Waals surface area contributed by atoms with Gasteiger partial charge in [0.05, 0.1) is 0 Å². The van der Waals surface area contributed by atoms with E-state index in [2.05, 4.69) is 29.2 Å². The summed E-state index contributed by atoms with van der Waals surface area (Å²) in [6, 6.07) is 26.4. The molecule has 0 radical (unpaired) electrons. The minimum atomic E-state index is -0.133. The van der Waals surface area contributed by atoms with E-state index >= 15 is 0 Å². The Hall–Kier alpha value is -2.94. The van der Waals surface area contributed by atoms with Gasteiger partial charge in [0, 0.05) is 5.69 Å². The molecule has 118 valence electrons. The summed E-state index contributed by atoms with van der Waals surface area (Å²) in [5.41, 5.74) is 4.01. The molecule has 0 saturated heterocycles. The average molecular weight is 314 g/mol. The van der Waals surface area contributed by atoms with Crippen molar-refractivity contribution >= 4 is 5.90 Å². The van der Waals surface area contributed by atoms with E-state index in [0.29, 0.717) is 5.90 Å². The molecule has 3 heteroatoms. The minimum absolute atomic E-state index is 0.0640. The number of aromatic nitrogens is 1. The Morgan fingerprint density at radius 2 is 1.42 bits per heavy atom. The number of rotatable bonds is 3. The number of nitrogens with zero attached hydrogens (tertiary/aromatic N) is 2. The molecule has 0 N–H and O–H groups in total. The summed E-state index contributed by atoms with van der Waals surface area (Å²) in [4.78, 5) is 9.42. The molecule has 2 unspecified atom stereocenters. The fourth-order valence-electron chi connectivity index (χ4n) is 2.99. The second kappa shape index (κ2) is 6.28. The minimum Gasteiger partial charge on any atom is -0.465 e. The number of benzene rings is 2. The third kappa shape index (κ3) is 2.81. The molecule has 0 aliphatic carbocycles. The van der Waals surface area contributed by atoms with Crippen LogP contribution in [0.25, 0.3) is 0 Å². The van der Waals surface area contributed by atoms with Crippen LogP contribution in [0.15, 0.2) is 83.9 Å². The van der Waals surface area contributed by atoms with Crippen molar-refractivity contribution in [3.8, 4) is 0 Å². The van der Waals surface area contributed by atoms with Crippen molar-refractivity contribution in [2.45, 2.75) is 19.1 Å².